The molecule has 1 rings (SSSR count). The van der Waals surface area contributed by atoms with Gasteiger partial charge < -0.3 is 10.0 Å². The average Bonchev–Trinajstić information content (AvgIpc) is 2.39. The number of piperidine rings is 1. The van der Waals surface area contributed by atoms with Gasteiger partial charge in [-0.15, -0.1) is 0 Å². The van der Waals surface area contributed by atoms with Crippen LogP contribution in [0, 0.1) is 5.92 Å². The summed E-state index contributed by atoms with van der Waals surface area (Å²) < 4.78 is 0. The van der Waals surface area contributed by atoms with Crippen molar-refractivity contribution >= 4 is 5.91 Å². The molecule has 1 fully saturated rings. The summed E-state index contributed by atoms with van der Waals surface area (Å²) in [6.45, 7) is 8.22. The summed E-state index contributed by atoms with van der Waals surface area (Å²) in [6.07, 6.45) is 5.33. The Morgan fingerprint density at radius 3 is 2.65 bits per heavy atom. The van der Waals surface area contributed by atoms with Gasteiger partial charge in [-0.05, 0) is 45.1 Å². The molecule has 4 heteroatoms. The molecule has 1 N–H and O–H groups in total. The predicted molar refractivity (Wildman–Crippen MR) is 82.6 cm³/mol. The number of aliphatic hydroxyl groups excluding tert-OH is 1. The van der Waals surface area contributed by atoms with Crippen LogP contribution >= 0.6 is 0 Å². The summed E-state index contributed by atoms with van der Waals surface area (Å²) in [6, 6.07) is 0.676. The third-order valence-corrected chi connectivity index (χ3v) is 4.42. The Morgan fingerprint density at radius 2 is 2.05 bits per heavy atom. The highest BCUT2D eigenvalue weighted by Gasteiger charge is 2.26. The quantitative estimate of drug-likeness (QED) is 0.779. The van der Waals surface area contributed by atoms with Gasteiger partial charge in [0.15, 0.2) is 0 Å². The molecule has 0 radical (unpaired) electrons. The maximum absolute atomic E-state index is 12.4. The average molecular weight is 284 g/mol. The number of amides is 1. The van der Waals surface area contributed by atoms with Gasteiger partial charge in [0.05, 0.1) is 6.54 Å². The molecule has 0 aliphatic carbocycles. The third-order valence-electron chi connectivity index (χ3n) is 4.42. The van der Waals surface area contributed by atoms with Gasteiger partial charge in [0.1, 0.15) is 0 Å². The van der Waals surface area contributed by atoms with E-state index in [1.54, 1.807) is 0 Å². The molecule has 20 heavy (non-hydrogen) atoms. The molecule has 1 aliphatic heterocycles. The Morgan fingerprint density at radius 1 is 1.35 bits per heavy atom. The van der Waals surface area contributed by atoms with E-state index in [-0.39, 0.29) is 12.5 Å². The number of hydrogen-bond donors (Lipinski definition) is 1. The van der Waals surface area contributed by atoms with E-state index < -0.39 is 0 Å². The molecular weight excluding hydrogens is 252 g/mol. The van der Waals surface area contributed by atoms with Crippen molar-refractivity contribution in [3.63, 3.8) is 0 Å². The fourth-order valence-electron chi connectivity index (χ4n) is 3.12. The minimum absolute atomic E-state index is 0.211. The van der Waals surface area contributed by atoms with E-state index in [0.717, 1.165) is 25.8 Å². The lowest BCUT2D eigenvalue weighted by molar-refractivity contribution is -0.134. The first-order valence-electron chi connectivity index (χ1n) is 8.06. The fourth-order valence-corrected chi connectivity index (χ4v) is 3.12. The van der Waals surface area contributed by atoms with Crippen molar-refractivity contribution < 1.29 is 9.90 Å². The van der Waals surface area contributed by atoms with Crippen LogP contribution in [0.2, 0.25) is 0 Å². The molecule has 0 saturated carbocycles. The Bertz CT molecular complexity index is 292. The Balaban J connectivity index is 2.50. The second-order valence-electron chi connectivity index (χ2n) is 6.62. The minimum Gasteiger partial charge on any atom is -0.396 e. The molecule has 0 bridgehead atoms. The van der Waals surface area contributed by atoms with Gasteiger partial charge in [-0.25, -0.2) is 0 Å². The third kappa shape index (κ3) is 5.41. The second kappa shape index (κ2) is 8.63. The number of hydrogen-bond acceptors (Lipinski definition) is 3. The molecule has 1 heterocycles. The van der Waals surface area contributed by atoms with Gasteiger partial charge in [0.2, 0.25) is 5.91 Å². The van der Waals surface area contributed by atoms with Crippen LogP contribution in [0.3, 0.4) is 0 Å². The van der Waals surface area contributed by atoms with Gasteiger partial charge in [-0.1, -0.05) is 20.3 Å². The van der Waals surface area contributed by atoms with Crippen molar-refractivity contribution in [2.45, 2.75) is 65.0 Å². The zero-order valence-electron chi connectivity index (χ0n) is 13.6. The first-order chi connectivity index (χ1) is 9.45. The van der Waals surface area contributed by atoms with E-state index in [2.05, 4.69) is 25.7 Å². The van der Waals surface area contributed by atoms with Crippen molar-refractivity contribution in [2.24, 2.45) is 5.92 Å². The highest BCUT2D eigenvalue weighted by molar-refractivity contribution is 5.78. The van der Waals surface area contributed by atoms with Gasteiger partial charge in [-0.3, -0.25) is 9.69 Å². The predicted octanol–water partition coefficient (Wildman–Crippen LogP) is 2.12. The zero-order chi connectivity index (χ0) is 15.1. The van der Waals surface area contributed by atoms with Crippen molar-refractivity contribution in [1.29, 1.82) is 0 Å². The monoisotopic (exact) mass is 284 g/mol. The van der Waals surface area contributed by atoms with E-state index in [1.807, 2.05) is 11.9 Å². The highest BCUT2D eigenvalue weighted by Crippen LogP contribution is 2.19. The molecule has 2 unspecified atom stereocenters. The number of likely N-dealkylation sites (tertiary alicyclic amines) is 1. The Hall–Kier alpha value is -0.610. The van der Waals surface area contributed by atoms with Crippen LogP contribution < -0.4 is 0 Å². The zero-order valence-corrected chi connectivity index (χ0v) is 13.6. The molecule has 1 amide bonds. The number of likely N-dealkylation sites (N-methyl/N-ethyl adjacent to an activating group) is 1. The molecular formula is C16H32N2O2. The van der Waals surface area contributed by atoms with Crippen molar-refractivity contribution in [2.75, 3.05) is 26.7 Å². The van der Waals surface area contributed by atoms with E-state index in [9.17, 15) is 4.79 Å². The lowest BCUT2D eigenvalue weighted by Gasteiger charge is -2.37. The SMILES string of the molecule is CC(C)CC(C)N(C)C(=O)CN1CCCCC1CCO. The van der Waals surface area contributed by atoms with Crippen LogP contribution in [0.15, 0.2) is 0 Å². The van der Waals surface area contributed by atoms with E-state index in [1.165, 1.54) is 12.8 Å². The molecule has 0 aromatic carbocycles. The smallest absolute Gasteiger partial charge is 0.236 e. The van der Waals surface area contributed by atoms with E-state index in [4.69, 9.17) is 5.11 Å². The number of rotatable bonds is 7. The van der Waals surface area contributed by atoms with Gasteiger partial charge in [0.25, 0.3) is 0 Å². The summed E-state index contributed by atoms with van der Waals surface area (Å²) in [5.74, 6) is 0.820. The Labute approximate surface area is 124 Å². The summed E-state index contributed by atoms with van der Waals surface area (Å²) in [5.41, 5.74) is 0. The van der Waals surface area contributed by atoms with E-state index >= 15 is 0 Å². The van der Waals surface area contributed by atoms with Gasteiger partial charge in [-0.2, -0.15) is 0 Å². The topological polar surface area (TPSA) is 43.8 Å². The summed E-state index contributed by atoms with van der Waals surface area (Å²) in [4.78, 5) is 16.6. The Kier molecular flexibility index (Phi) is 7.52. The van der Waals surface area contributed by atoms with E-state index in [0.29, 0.717) is 24.5 Å². The fraction of sp³-hybridized carbons (Fsp3) is 0.938. The summed E-state index contributed by atoms with van der Waals surface area (Å²) in [7, 11) is 1.92. The van der Waals surface area contributed by atoms with Crippen molar-refractivity contribution in [3.05, 3.63) is 0 Å². The molecule has 0 aromatic heterocycles. The number of carbonyl (C=O) groups excluding carboxylic acids is 1. The van der Waals surface area contributed by atoms with Crippen LogP contribution in [-0.2, 0) is 4.79 Å². The summed E-state index contributed by atoms with van der Waals surface area (Å²) in [5, 5.41) is 9.14. The lowest BCUT2D eigenvalue weighted by atomic mass is 9.99. The molecule has 0 spiro atoms. The molecule has 0 aromatic rings. The number of nitrogens with zero attached hydrogens (tertiary/aromatic N) is 2. The van der Waals surface area contributed by atoms with Crippen LogP contribution in [0.1, 0.15) is 52.9 Å². The second-order valence-corrected chi connectivity index (χ2v) is 6.62. The largest absolute Gasteiger partial charge is 0.396 e. The van der Waals surface area contributed by atoms with Gasteiger partial charge >= 0.3 is 0 Å². The number of carbonyl (C=O) groups is 1. The van der Waals surface area contributed by atoms with Crippen LogP contribution in [0.25, 0.3) is 0 Å². The minimum atomic E-state index is 0.211. The molecule has 4 nitrogen and oxygen atoms in total. The van der Waals surface area contributed by atoms with Gasteiger partial charge in [0, 0.05) is 25.7 Å². The molecule has 1 saturated heterocycles. The van der Waals surface area contributed by atoms with Crippen molar-refractivity contribution in [1.82, 2.24) is 9.80 Å². The first kappa shape index (κ1) is 17.4. The highest BCUT2D eigenvalue weighted by atomic mass is 16.3. The molecule has 118 valence electrons. The number of aliphatic hydroxyl groups is 1. The van der Waals surface area contributed by atoms with Crippen LogP contribution in [0.4, 0.5) is 0 Å². The molecule has 2 atom stereocenters. The standard InChI is InChI=1S/C16H32N2O2/c1-13(2)11-14(3)17(4)16(20)12-18-9-6-5-7-15(18)8-10-19/h13-15,19H,5-12H2,1-4H3. The maximum Gasteiger partial charge on any atom is 0.236 e. The molecule has 1 aliphatic rings. The normalized spacial score (nSPS) is 22.0. The van der Waals surface area contributed by atoms with Crippen molar-refractivity contribution in [3.8, 4) is 0 Å². The maximum atomic E-state index is 12.4. The van der Waals surface area contributed by atoms with Crippen LogP contribution in [0.5, 0.6) is 0 Å². The summed E-state index contributed by atoms with van der Waals surface area (Å²) >= 11 is 0. The first-order valence-corrected chi connectivity index (χ1v) is 8.06. The lowest BCUT2D eigenvalue weighted by Crippen LogP contribution is -2.48. The van der Waals surface area contributed by atoms with Crippen LogP contribution in [-0.4, -0.2) is 59.6 Å².